The average Bonchev–Trinajstić information content (AvgIpc) is 2.30. The van der Waals surface area contributed by atoms with Gasteiger partial charge in [0.2, 0.25) is 0 Å². The molecule has 2 atom stereocenters. The Bertz CT molecular complexity index is 546. The van der Waals surface area contributed by atoms with Crippen molar-refractivity contribution in [1.29, 1.82) is 0 Å². The molecule has 4 nitrogen and oxygen atoms in total. The van der Waals surface area contributed by atoms with Gasteiger partial charge in [0.25, 0.3) is 0 Å². The molecule has 2 aromatic rings. The van der Waals surface area contributed by atoms with Crippen molar-refractivity contribution in [3.8, 4) is 0 Å². The zero-order valence-electron chi connectivity index (χ0n) is 11.0. The summed E-state index contributed by atoms with van der Waals surface area (Å²) in [5, 5.41) is 2.68. The molecule has 0 spiro atoms. The van der Waals surface area contributed by atoms with Gasteiger partial charge >= 0.3 is 59.1 Å². The number of rotatable bonds is 1. The van der Waals surface area contributed by atoms with Crippen LogP contribution in [0, 0.1) is 6.92 Å². The van der Waals surface area contributed by atoms with Gasteiger partial charge in [0.15, 0.2) is 0 Å². The van der Waals surface area contributed by atoms with Crippen molar-refractivity contribution in [2.24, 2.45) is 0 Å². The second-order valence-corrected chi connectivity index (χ2v) is 5.65. The first-order valence-corrected chi connectivity index (χ1v) is 7.32. The predicted octanol–water partition coefficient (Wildman–Crippen LogP) is -4.18. The molecule has 0 saturated heterocycles. The molecule has 2 aromatic carbocycles. The largest absolute Gasteiger partial charge is 1.00 e. The Morgan fingerprint density at radius 2 is 1.32 bits per heavy atom. The molecule has 8 heteroatoms. The van der Waals surface area contributed by atoms with Crippen LogP contribution in [-0.4, -0.2) is 17.5 Å². The summed E-state index contributed by atoms with van der Waals surface area (Å²) in [6.45, 7) is 2.14. The third-order valence-corrected chi connectivity index (χ3v) is 3.01. The number of aryl methyl sites for hydroxylation is 1. The topological polar surface area (TPSA) is 80.3 Å². The van der Waals surface area contributed by atoms with Gasteiger partial charge in [-0.1, -0.05) is 42.5 Å². The van der Waals surface area contributed by atoms with Crippen LogP contribution in [-0.2, 0) is 20.2 Å². The first-order chi connectivity index (χ1) is 8.02. The van der Waals surface area contributed by atoms with Crippen LogP contribution in [0.4, 0.5) is 0 Å². The van der Waals surface area contributed by atoms with E-state index in [0.717, 1.165) is 0 Å². The molecule has 0 N–H and O–H groups in total. The van der Waals surface area contributed by atoms with E-state index in [1.54, 1.807) is 0 Å². The predicted molar refractivity (Wildman–Crippen MR) is 66.5 cm³/mol. The number of hydrogen-bond donors (Lipinski definition) is 0. The van der Waals surface area contributed by atoms with E-state index in [-0.39, 0.29) is 59.1 Å². The third-order valence-electron chi connectivity index (χ3n) is 2.12. The van der Waals surface area contributed by atoms with Gasteiger partial charge in [-0.25, -0.2) is 0 Å². The van der Waals surface area contributed by atoms with Gasteiger partial charge in [0, 0.05) is 20.2 Å². The first kappa shape index (κ1) is 22.2. The average molecular weight is 316 g/mol. The van der Waals surface area contributed by atoms with Crippen LogP contribution in [0.2, 0.25) is 0 Å². The van der Waals surface area contributed by atoms with Gasteiger partial charge in [0.1, 0.15) is 0 Å². The minimum Gasteiger partial charge on any atom is -0.763 e. The van der Waals surface area contributed by atoms with E-state index in [0.29, 0.717) is 0 Å². The van der Waals surface area contributed by atoms with Gasteiger partial charge in [-0.3, -0.25) is 8.42 Å². The Kier molecular flexibility index (Phi) is 13.5. The Morgan fingerprint density at radius 1 is 0.842 bits per heavy atom. The van der Waals surface area contributed by atoms with E-state index in [1.807, 2.05) is 0 Å². The van der Waals surface area contributed by atoms with Crippen LogP contribution in [0.1, 0.15) is 5.56 Å². The van der Waals surface area contributed by atoms with E-state index in [9.17, 15) is 0 Å². The molecule has 0 aliphatic rings. The molecule has 0 aliphatic carbocycles. The maximum atomic E-state index is 9.09. The smallest absolute Gasteiger partial charge is 0.763 e. The fourth-order valence-electron chi connectivity index (χ4n) is 1.39. The SMILES string of the molecule is Cc1cccc2ccccc12.O=S([O-])S(=O)[O-].[Na+].[Na+]. The van der Waals surface area contributed by atoms with Gasteiger partial charge in [-0.05, 0) is 23.3 Å². The Balaban J connectivity index is 0. The van der Waals surface area contributed by atoms with Crippen LogP contribution in [0.15, 0.2) is 42.5 Å². The molecule has 0 aliphatic heterocycles. The molecule has 19 heavy (non-hydrogen) atoms. The molecule has 2 rings (SSSR count). The molecular weight excluding hydrogens is 306 g/mol. The number of hydrogen-bond acceptors (Lipinski definition) is 4. The van der Waals surface area contributed by atoms with Gasteiger partial charge in [-0.2, -0.15) is 0 Å². The second kappa shape index (κ2) is 11.6. The maximum absolute atomic E-state index is 9.09. The van der Waals surface area contributed by atoms with Crippen molar-refractivity contribution in [3.63, 3.8) is 0 Å². The van der Waals surface area contributed by atoms with Crippen molar-refractivity contribution in [2.75, 3.05) is 0 Å². The van der Waals surface area contributed by atoms with E-state index >= 15 is 0 Å². The quantitative estimate of drug-likeness (QED) is 0.304. The zero-order valence-corrected chi connectivity index (χ0v) is 16.6. The van der Waals surface area contributed by atoms with E-state index < -0.39 is 20.2 Å². The molecule has 0 bridgehead atoms. The molecule has 0 radical (unpaired) electrons. The Hall–Kier alpha value is 0.920. The monoisotopic (exact) mass is 316 g/mol. The molecule has 2 unspecified atom stereocenters. The first-order valence-electron chi connectivity index (χ1n) is 4.65. The normalized spacial score (nSPS) is 12.2. The van der Waals surface area contributed by atoms with Crippen LogP contribution in [0.5, 0.6) is 0 Å². The summed E-state index contributed by atoms with van der Waals surface area (Å²) in [6.07, 6.45) is 0. The fourth-order valence-corrected chi connectivity index (χ4v) is 1.39. The molecule has 0 saturated carbocycles. The summed E-state index contributed by atoms with van der Waals surface area (Å²) in [6, 6.07) is 14.8. The molecule has 0 aromatic heterocycles. The summed E-state index contributed by atoms with van der Waals surface area (Å²) in [7, 11) is -5.90. The zero-order chi connectivity index (χ0) is 12.8. The molecule has 0 amide bonds. The molecule has 0 fully saturated rings. The van der Waals surface area contributed by atoms with E-state index in [4.69, 9.17) is 17.5 Å². The van der Waals surface area contributed by atoms with E-state index in [1.165, 1.54) is 16.3 Å². The summed E-state index contributed by atoms with van der Waals surface area (Å²) >= 11 is 0. The second-order valence-electron chi connectivity index (χ2n) is 3.20. The van der Waals surface area contributed by atoms with Gasteiger partial charge in [0.05, 0.1) is 0 Å². The van der Waals surface area contributed by atoms with Crippen LogP contribution in [0.3, 0.4) is 0 Å². The van der Waals surface area contributed by atoms with Crippen molar-refractivity contribution in [2.45, 2.75) is 6.92 Å². The molecule has 0 heterocycles. The summed E-state index contributed by atoms with van der Waals surface area (Å²) in [5.74, 6) is 0. The Labute approximate surface area is 160 Å². The maximum Gasteiger partial charge on any atom is 1.00 e. The minimum absolute atomic E-state index is 0. The third kappa shape index (κ3) is 8.06. The fraction of sp³-hybridized carbons (Fsp3) is 0.0909. The standard InChI is InChI=1S/C11H10.2Na.H2O4S2/c1-9-5-4-7-10-6-2-3-8-11(9)10;;;1-5(2)6(3)4/h2-8H,1H3;;;(H,1,2)(H,3,4)/q;2*+1;/p-2. The van der Waals surface area contributed by atoms with Crippen molar-refractivity contribution < 1.29 is 76.6 Å². The summed E-state index contributed by atoms with van der Waals surface area (Å²) in [5.41, 5.74) is 1.35. The van der Waals surface area contributed by atoms with Crippen LogP contribution in [0.25, 0.3) is 10.8 Å². The summed E-state index contributed by atoms with van der Waals surface area (Å²) < 4.78 is 36.3. The van der Waals surface area contributed by atoms with Crippen molar-refractivity contribution in [1.82, 2.24) is 0 Å². The van der Waals surface area contributed by atoms with Gasteiger partial charge < -0.3 is 9.11 Å². The summed E-state index contributed by atoms with van der Waals surface area (Å²) in [4.78, 5) is 0. The Morgan fingerprint density at radius 3 is 1.79 bits per heavy atom. The van der Waals surface area contributed by atoms with E-state index in [2.05, 4.69) is 49.4 Å². The van der Waals surface area contributed by atoms with Crippen molar-refractivity contribution in [3.05, 3.63) is 48.0 Å². The van der Waals surface area contributed by atoms with Crippen LogP contribution < -0.4 is 59.1 Å². The van der Waals surface area contributed by atoms with Crippen molar-refractivity contribution >= 4 is 31.0 Å². The minimum atomic E-state index is -2.95. The molecule has 92 valence electrons. The molecular formula is C11H10Na2O4S2. The number of fused-ring (bicyclic) bond motifs is 1. The van der Waals surface area contributed by atoms with Crippen LogP contribution >= 0.6 is 0 Å². The van der Waals surface area contributed by atoms with Gasteiger partial charge in [-0.15, -0.1) is 0 Å². The number of benzene rings is 2.